The second kappa shape index (κ2) is 10.0. The molecule has 0 aliphatic heterocycles. The molecule has 0 radical (unpaired) electrons. The molecule has 1 aromatic carbocycles. The van der Waals surface area contributed by atoms with Gasteiger partial charge in [-0.2, -0.15) is 0 Å². The number of ether oxygens (including phenoxy) is 1. The van der Waals surface area contributed by atoms with E-state index in [9.17, 15) is 0 Å². The van der Waals surface area contributed by atoms with Gasteiger partial charge in [0.2, 0.25) is 0 Å². The van der Waals surface area contributed by atoms with Gasteiger partial charge in [-0.15, -0.1) is 0 Å². The first-order chi connectivity index (χ1) is 8.79. The highest BCUT2D eigenvalue weighted by molar-refractivity contribution is 14.1. The van der Waals surface area contributed by atoms with E-state index in [0.717, 1.165) is 28.0 Å². The van der Waals surface area contributed by atoms with Gasteiger partial charge in [0.15, 0.2) is 0 Å². The Morgan fingerprint density at radius 2 is 1.89 bits per heavy atom. The van der Waals surface area contributed by atoms with Gasteiger partial charge in [0.1, 0.15) is 0 Å². The van der Waals surface area contributed by atoms with Gasteiger partial charge in [0.05, 0.1) is 6.10 Å². The zero-order valence-corrected chi connectivity index (χ0v) is 13.9. The van der Waals surface area contributed by atoms with Crippen LogP contribution in [-0.4, -0.2) is 11.0 Å². The van der Waals surface area contributed by atoms with Crippen LogP contribution in [0.4, 0.5) is 0 Å². The molecule has 1 atom stereocenters. The van der Waals surface area contributed by atoms with E-state index in [1.807, 2.05) is 18.2 Å². The first kappa shape index (κ1) is 16.3. The van der Waals surface area contributed by atoms with Crippen LogP contribution in [0.15, 0.2) is 24.3 Å². The lowest BCUT2D eigenvalue weighted by Crippen LogP contribution is -2.07. The maximum atomic E-state index is 6.20. The fourth-order valence-corrected chi connectivity index (χ4v) is 2.87. The topological polar surface area (TPSA) is 9.23 Å². The summed E-state index contributed by atoms with van der Waals surface area (Å²) in [4.78, 5) is 0. The molecule has 0 heterocycles. The number of rotatable bonds is 9. The number of hydrogen-bond donors (Lipinski definition) is 0. The van der Waals surface area contributed by atoms with Crippen LogP contribution >= 0.6 is 34.2 Å². The van der Waals surface area contributed by atoms with Crippen molar-refractivity contribution in [2.75, 3.05) is 11.0 Å². The van der Waals surface area contributed by atoms with Crippen LogP contribution in [0.2, 0.25) is 5.02 Å². The fourth-order valence-electron chi connectivity index (χ4n) is 1.88. The average Bonchev–Trinajstić information content (AvgIpc) is 2.39. The van der Waals surface area contributed by atoms with E-state index in [4.69, 9.17) is 16.3 Å². The van der Waals surface area contributed by atoms with E-state index in [2.05, 4.69) is 35.6 Å². The van der Waals surface area contributed by atoms with Gasteiger partial charge < -0.3 is 4.74 Å². The van der Waals surface area contributed by atoms with Crippen molar-refractivity contribution in [3.05, 3.63) is 34.9 Å². The molecule has 1 unspecified atom stereocenters. The summed E-state index contributed by atoms with van der Waals surface area (Å²) in [5, 5.41) is 0.810. The maximum Gasteiger partial charge on any atom is 0.0928 e. The molecule has 3 heteroatoms. The van der Waals surface area contributed by atoms with Crippen LogP contribution in [0, 0.1) is 0 Å². The normalized spacial score (nSPS) is 12.6. The Kier molecular flexibility index (Phi) is 9.07. The van der Waals surface area contributed by atoms with Crippen molar-refractivity contribution in [2.24, 2.45) is 0 Å². The molecule has 0 saturated carbocycles. The average molecular weight is 381 g/mol. The van der Waals surface area contributed by atoms with E-state index in [0.29, 0.717) is 0 Å². The molecule has 0 N–H and O–H groups in total. The summed E-state index contributed by atoms with van der Waals surface area (Å²) in [5.41, 5.74) is 1.11. The van der Waals surface area contributed by atoms with Crippen molar-refractivity contribution in [3.8, 4) is 0 Å². The molecule has 0 amide bonds. The minimum absolute atomic E-state index is 0.130. The SMILES string of the molecule is CCCCCCCOC(CI)c1ccccc1Cl. The van der Waals surface area contributed by atoms with Crippen molar-refractivity contribution >= 4 is 34.2 Å². The summed E-state index contributed by atoms with van der Waals surface area (Å²) in [6, 6.07) is 7.97. The van der Waals surface area contributed by atoms with Crippen LogP contribution in [0.25, 0.3) is 0 Å². The quantitative estimate of drug-likeness (QED) is 0.299. The van der Waals surface area contributed by atoms with Crippen molar-refractivity contribution in [3.63, 3.8) is 0 Å². The van der Waals surface area contributed by atoms with E-state index in [-0.39, 0.29) is 6.10 Å². The third-order valence-corrected chi connectivity index (χ3v) is 4.10. The summed E-state index contributed by atoms with van der Waals surface area (Å²) in [5.74, 6) is 0. The predicted molar refractivity (Wildman–Crippen MR) is 87.8 cm³/mol. The molecule has 0 saturated heterocycles. The van der Waals surface area contributed by atoms with Gasteiger partial charge in [0.25, 0.3) is 0 Å². The molecular weight excluding hydrogens is 359 g/mol. The molecule has 18 heavy (non-hydrogen) atoms. The minimum Gasteiger partial charge on any atom is -0.373 e. The summed E-state index contributed by atoms with van der Waals surface area (Å²) in [7, 11) is 0. The van der Waals surface area contributed by atoms with E-state index >= 15 is 0 Å². The molecule has 0 aliphatic carbocycles. The molecule has 102 valence electrons. The van der Waals surface area contributed by atoms with Crippen molar-refractivity contribution in [2.45, 2.75) is 45.1 Å². The number of alkyl halides is 1. The number of hydrogen-bond acceptors (Lipinski definition) is 1. The van der Waals surface area contributed by atoms with Crippen molar-refractivity contribution in [1.82, 2.24) is 0 Å². The third-order valence-electron chi connectivity index (χ3n) is 2.96. The first-order valence-electron chi connectivity index (χ1n) is 6.71. The largest absolute Gasteiger partial charge is 0.373 e. The van der Waals surface area contributed by atoms with Gasteiger partial charge >= 0.3 is 0 Å². The Bertz CT molecular complexity index is 330. The van der Waals surface area contributed by atoms with Crippen LogP contribution in [0.3, 0.4) is 0 Å². The van der Waals surface area contributed by atoms with Crippen LogP contribution in [0.1, 0.15) is 50.7 Å². The molecular formula is C15H22ClIO. The molecule has 0 bridgehead atoms. The van der Waals surface area contributed by atoms with Gasteiger partial charge in [-0.05, 0) is 12.5 Å². The Morgan fingerprint density at radius 3 is 2.56 bits per heavy atom. The van der Waals surface area contributed by atoms with E-state index in [1.54, 1.807) is 0 Å². The number of benzene rings is 1. The lowest BCUT2D eigenvalue weighted by atomic mass is 10.1. The molecule has 1 aromatic rings. The monoisotopic (exact) mass is 380 g/mol. The standard InChI is InChI=1S/C15H22ClIO/c1-2-3-4-5-8-11-18-15(12-17)13-9-6-7-10-14(13)16/h6-7,9-10,15H,2-5,8,11-12H2,1H3. The van der Waals surface area contributed by atoms with Gasteiger partial charge in [0, 0.05) is 21.6 Å². The van der Waals surface area contributed by atoms with E-state index < -0.39 is 0 Å². The van der Waals surface area contributed by atoms with Gasteiger partial charge in [-0.3, -0.25) is 0 Å². The first-order valence-corrected chi connectivity index (χ1v) is 8.62. The lowest BCUT2D eigenvalue weighted by molar-refractivity contribution is 0.0679. The minimum atomic E-state index is 0.130. The Morgan fingerprint density at radius 1 is 1.17 bits per heavy atom. The third kappa shape index (κ3) is 5.89. The summed E-state index contributed by atoms with van der Waals surface area (Å²) in [6.07, 6.45) is 6.49. The molecule has 0 aromatic heterocycles. The van der Waals surface area contributed by atoms with Gasteiger partial charge in [-0.25, -0.2) is 0 Å². The Labute approximate surface area is 129 Å². The second-order valence-electron chi connectivity index (χ2n) is 4.45. The van der Waals surface area contributed by atoms with Crippen molar-refractivity contribution in [1.29, 1.82) is 0 Å². The smallest absolute Gasteiger partial charge is 0.0928 e. The van der Waals surface area contributed by atoms with Crippen LogP contribution < -0.4 is 0 Å². The predicted octanol–water partition coefficient (Wildman–Crippen LogP) is 5.80. The number of unbranched alkanes of at least 4 members (excludes halogenated alkanes) is 4. The zero-order valence-electron chi connectivity index (χ0n) is 11.0. The highest BCUT2D eigenvalue weighted by Crippen LogP contribution is 2.27. The van der Waals surface area contributed by atoms with Crippen LogP contribution in [0.5, 0.6) is 0 Å². The molecule has 1 nitrogen and oxygen atoms in total. The second-order valence-corrected chi connectivity index (χ2v) is 5.74. The molecule has 0 fully saturated rings. The van der Waals surface area contributed by atoms with Crippen molar-refractivity contribution < 1.29 is 4.74 Å². The summed E-state index contributed by atoms with van der Waals surface area (Å²) in [6.45, 7) is 3.07. The zero-order chi connectivity index (χ0) is 13.2. The van der Waals surface area contributed by atoms with Gasteiger partial charge in [-0.1, -0.05) is 85.0 Å². The maximum absolute atomic E-state index is 6.20. The lowest BCUT2D eigenvalue weighted by Gasteiger charge is -2.17. The molecule has 0 spiro atoms. The fraction of sp³-hybridized carbons (Fsp3) is 0.600. The molecule has 0 aliphatic rings. The van der Waals surface area contributed by atoms with E-state index in [1.165, 1.54) is 25.7 Å². The Hall–Kier alpha value is 0.200. The number of halogens is 2. The highest BCUT2D eigenvalue weighted by atomic mass is 127. The van der Waals surface area contributed by atoms with Crippen LogP contribution in [-0.2, 0) is 4.74 Å². The highest BCUT2D eigenvalue weighted by Gasteiger charge is 2.13. The summed E-state index contributed by atoms with van der Waals surface area (Å²) < 4.78 is 6.89. The molecule has 1 rings (SSSR count). The Balaban J connectivity index is 2.32. The summed E-state index contributed by atoms with van der Waals surface area (Å²) >= 11 is 8.56.